The Morgan fingerprint density at radius 2 is 2.40 bits per heavy atom. The predicted octanol–water partition coefficient (Wildman–Crippen LogP) is 2.30. The van der Waals surface area contributed by atoms with Crippen LogP contribution in [0.5, 0.6) is 0 Å². The number of rotatable bonds is 4. The molecule has 108 valence electrons. The number of thioether (sulfide) groups is 1. The lowest BCUT2D eigenvalue weighted by Gasteiger charge is -2.31. The lowest BCUT2D eigenvalue weighted by atomic mass is 10.3. The van der Waals surface area contributed by atoms with E-state index in [1.54, 1.807) is 11.3 Å². The van der Waals surface area contributed by atoms with Gasteiger partial charge < -0.3 is 5.43 Å². The number of nitrogens with zero attached hydrogens (tertiary/aromatic N) is 3. The van der Waals surface area contributed by atoms with Crippen molar-refractivity contribution in [3.63, 3.8) is 0 Å². The summed E-state index contributed by atoms with van der Waals surface area (Å²) in [7, 11) is 0. The maximum atomic E-state index is 5.57. The fourth-order valence-corrected chi connectivity index (χ4v) is 4.48. The summed E-state index contributed by atoms with van der Waals surface area (Å²) in [5.41, 5.74) is 2.69. The second-order valence-electron chi connectivity index (χ2n) is 4.91. The number of hydrogen-bond donors (Lipinski definition) is 2. The van der Waals surface area contributed by atoms with Crippen molar-refractivity contribution in [2.24, 2.45) is 5.84 Å². The molecule has 5 nitrogen and oxygen atoms in total. The highest BCUT2D eigenvalue weighted by atomic mass is 32.2. The molecule has 1 saturated heterocycles. The quantitative estimate of drug-likeness (QED) is 0.667. The van der Waals surface area contributed by atoms with Crippen LogP contribution in [0.3, 0.4) is 0 Å². The zero-order valence-corrected chi connectivity index (χ0v) is 13.1. The summed E-state index contributed by atoms with van der Waals surface area (Å²) in [6.07, 6.45) is 1.22. The first-order chi connectivity index (χ1) is 9.80. The second-order valence-corrected chi connectivity index (χ2v) is 7.21. The van der Waals surface area contributed by atoms with Gasteiger partial charge in [0.2, 0.25) is 0 Å². The van der Waals surface area contributed by atoms with Gasteiger partial charge in [0, 0.05) is 24.1 Å². The maximum absolute atomic E-state index is 5.57. The van der Waals surface area contributed by atoms with Gasteiger partial charge in [0.25, 0.3) is 0 Å². The Kier molecular flexibility index (Phi) is 4.40. The Morgan fingerprint density at radius 1 is 1.50 bits per heavy atom. The van der Waals surface area contributed by atoms with Crippen LogP contribution in [-0.2, 0) is 6.54 Å². The first-order valence-electron chi connectivity index (χ1n) is 6.85. The molecule has 3 heterocycles. The standard InChI is InChI=1S/C13H19N5S2/c1-2-9-7-18(4-6-19-9)8-11-15-12(17-14)10-3-5-20-13(10)16-11/h3,5,9H,2,4,6-8,14H2,1H3,(H,15,16,17). The van der Waals surface area contributed by atoms with Crippen LogP contribution in [0.15, 0.2) is 11.4 Å². The van der Waals surface area contributed by atoms with Crippen LogP contribution in [0.2, 0.25) is 0 Å². The van der Waals surface area contributed by atoms with Gasteiger partial charge in [0.05, 0.1) is 11.9 Å². The number of aromatic nitrogens is 2. The fraction of sp³-hybridized carbons (Fsp3) is 0.538. The molecule has 20 heavy (non-hydrogen) atoms. The normalized spacial score (nSPS) is 20.4. The number of fused-ring (bicyclic) bond motifs is 1. The average Bonchev–Trinajstić information content (AvgIpc) is 2.95. The van der Waals surface area contributed by atoms with Gasteiger partial charge in [-0.15, -0.1) is 11.3 Å². The van der Waals surface area contributed by atoms with E-state index in [2.05, 4.69) is 39.0 Å². The summed E-state index contributed by atoms with van der Waals surface area (Å²) >= 11 is 3.71. The summed E-state index contributed by atoms with van der Waals surface area (Å²) in [4.78, 5) is 12.6. The third kappa shape index (κ3) is 2.90. The van der Waals surface area contributed by atoms with E-state index in [-0.39, 0.29) is 0 Å². The number of hydrogen-bond acceptors (Lipinski definition) is 7. The highest BCUT2D eigenvalue weighted by Gasteiger charge is 2.20. The lowest BCUT2D eigenvalue weighted by Crippen LogP contribution is -2.37. The van der Waals surface area contributed by atoms with Crippen molar-refractivity contribution in [2.75, 3.05) is 24.3 Å². The molecule has 0 radical (unpaired) electrons. The van der Waals surface area contributed by atoms with Crippen molar-refractivity contribution in [1.82, 2.24) is 14.9 Å². The van der Waals surface area contributed by atoms with Gasteiger partial charge in [-0.2, -0.15) is 11.8 Å². The van der Waals surface area contributed by atoms with Crippen LogP contribution in [0.25, 0.3) is 10.2 Å². The molecule has 3 N–H and O–H groups in total. The second kappa shape index (κ2) is 6.26. The molecule has 1 fully saturated rings. The summed E-state index contributed by atoms with van der Waals surface area (Å²) in [5, 5.41) is 3.76. The van der Waals surface area contributed by atoms with Crippen LogP contribution in [0, 0.1) is 0 Å². The topological polar surface area (TPSA) is 67.1 Å². The van der Waals surface area contributed by atoms with Gasteiger partial charge >= 0.3 is 0 Å². The molecule has 7 heteroatoms. The highest BCUT2D eigenvalue weighted by molar-refractivity contribution is 8.00. The maximum Gasteiger partial charge on any atom is 0.152 e. The Balaban J connectivity index is 1.79. The van der Waals surface area contributed by atoms with Crippen LogP contribution >= 0.6 is 23.1 Å². The molecule has 1 atom stereocenters. The van der Waals surface area contributed by atoms with Crippen LogP contribution in [0.4, 0.5) is 5.82 Å². The monoisotopic (exact) mass is 309 g/mol. The van der Waals surface area contributed by atoms with E-state index >= 15 is 0 Å². The number of thiophene rings is 1. The summed E-state index contributed by atoms with van der Waals surface area (Å²) in [6.45, 7) is 5.29. The zero-order chi connectivity index (χ0) is 13.9. The molecule has 2 aromatic heterocycles. The van der Waals surface area contributed by atoms with E-state index in [1.807, 2.05) is 11.4 Å². The lowest BCUT2D eigenvalue weighted by molar-refractivity contribution is 0.267. The third-order valence-corrected chi connectivity index (χ3v) is 5.73. The van der Waals surface area contributed by atoms with E-state index in [9.17, 15) is 0 Å². The molecule has 0 saturated carbocycles. The number of anilines is 1. The Morgan fingerprint density at radius 3 is 3.20 bits per heavy atom. The molecule has 1 aliphatic heterocycles. The average molecular weight is 309 g/mol. The molecule has 0 aliphatic carbocycles. The molecule has 0 bridgehead atoms. The van der Waals surface area contributed by atoms with E-state index < -0.39 is 0 Å². The summed E-state index contributed by atoms with van der Waals surface area (Å²) < 4.78 is 0. The Hall–Kier alpha value is -0.890. The first kappa shape index (κ1) is 14.1. The number of hydrazine groups is 1. The third-order valence-electron chi connectivity index (χ3n) is 3.55. The minimum Gasteiger partial charge on any atom is -0.308 e. The molecule has 0 spiro atoms. The molecule has 2 aromatic rings. The van der Waals surface area contributed by atoms with Crippen LogP contribution in [0.1, 0.15) is 19.2 Å². The molecule has 1 aliphatic rings. The molecule has 3 rings (SSSR count). The van der Waals surface area contributed by atoms with E-state index in [4.69, 9.17) is 5.84 Å². The zero-order valence-electron chi connectivity index (χ0n) is 11.5. The van der Waals surface area contributed by atoms with Crippen molar-refractivity contribution in [2.45, 2.75) is 25.1 Å². The molecular formula is C13H19N5S2. The van der Waals surface area contributed by atoms with Gasteiger partial charge in [-0.25, -0.2) is 15.8 Å². The van der Waals surface area contributed by atoms with Crippen molar-refractivity contribution in [3.8, 4) is 0 Å². The Labute approximate surface area is 126 Å². The van der Waals surface area contributed by atoms with Gasteiger partial charge in [0.15, 0.2) is 5.82 Å². The minimum atomic E-state index is 0.727. The van der Waals surface area contributed by atoms with E-state index in [0.29, 0.717) is 0 Å². The number of nitrogens with two attached hydrogens (primary N) is 1. The largest absolute Gasteiger partial charge is 0.308 e. The smallest absolute Gasteiger partial charge is 0.152 e. The van der Waals surface area contributed by atoms with E-state index in [1.165, 1.54) is 12.2 Å². The summed E-state index contributed by atoms with van der Waals surface area (Å²) in [5.74, 6) is 8.35. The van der Waals surface area contributed by atoms with Crippen LogP contribution < -0.4 is 11.3 Å². The van der Waals surface area contributed by atoms with Crippen molar-refractivity contribution < 1.29 is 0 Å². The number of nitrogens with one attached hydrogen (secondary N) is 1. The number of nitrogen functional groups attached to an aromatic ring is 1. The minimum absolute atomic E-state index is 0.727. The van der Waals surface area contributed by atoms with Crippen molar-refractivity contribution in [1.29, 1.82) is 0 Å². The Bertz CT molecular complexity index is 585. The van der Waals surface area contributed by atoms with Crippen LogP contribution in [-0.4, -0.2) is 39.0 Å². The molecule has 1 unspecified atom stereocenters. The van der Waals surface area contributed by atoms with Crippen molar-refractivity contribution in [3.05, 3.63) is 17.3 Å². The molecule has 0 aromatic carbocycles. The summed E-state index contributed by atoms with van der Waals surface area (Å²) in [6, 6.07) is 2.00. The predicted molar refractivity (Wildman–Crippen MR) is 87.0 cm³/mol. The van der Waals surface area contributed by atoms with Crippen molar-refractivity contribution >= 4 is 39.1 Å². The fourth-order valence-electron chi connectivity index (χ4n) is 2.45. The highest BCUT2D eigenvalue weighted by Crippen LogP contribution is 2.26. The van der Waals surface area contributed by atoms with Gasteiger partial charge in [-0.1, -0.05) is 6.92 Å². The van der Waals surface area contributed by atoms with Gasteiger partial charge in [-0.05, 0) is 17.9 Å². The van der Waals surface area contributed by atoms with Gasteiger partial charge in [-0.3, -0.25) is 4.90 Å². The molecular weight excluding hydrogens is 290 g/mol. The SMILES string of the molecule is CCC1CN(Cc2nc(NN)c3ccsc3n2)CCS1. The van der Waals surface area contributed by atoms with Gasteiger partial charge in [0.1, 0.15) is 10.7 Å². The first-order valence-corrected chi connectivity index (χ1v) is 8.77. The van der Waals surface area contributed by atoms with E-state index in [0.717, 1.165) is 46.7 Å². The molecule has 0 amide bonds.